The molecule has 0 rings (SSSR count). The van der Waals surface area contributed by atoms with Gasteiger partial charge in [-0.3, -0.25) is 37.3 Å². The van der Waals surface area contributed by atoms with E-state index in [9.17, 15) is 43.2 Å². The summed E-state index contributed by atoms with van der Waals surface area (Å²) in [5.74, 6) is 0.281. The van der Waals surface area contributed by atoms with Crippen molar-refractivity contribution in [3.63, 3.8) is 0 Å². The van der Waals surface area contributed by atoms with E-state index in [1.165, 1.54) is 250 Å². The van der Waals surface area contributed by atoms with Crippen LogP contribution < -0.4 is 0 Å². The van der Waals surface area contributed by atoms with Crippen LogP contribution in [0, 0.1) is 17.8 Å². The monoisotopic (exact) mass is 1510 g/mol. The normalized spacial score (nSPS) is 14.2. The number of aliphatic hydroxyl groups excluding tert-OH is 1. The van der Waals surface area contributed by atoms with Gasteiger partial charge >= 0.3 is 39.5 Å². The Labute approximate surface area is 632 Å². The van der Waals surface area contributed by atoms with Crippen molar-refractivity contribution in [1.82, 2.24) is 0 Å². The molecule has 17 nitrogen and oxygen atoms in total. The first kappa shape index (κ1) is 101. The Morgan fingerprint density at radius 1 is 0.282 bits per heavy atom. The summed E-state index contributed by atoms with van der Waals surface area (Å²) < 4.78 is 68.9. The van der Waals surface area contributed by atoms with Gasteiger partial charge in [-0.1, -0.05) is 389 Å². The molecule has 0 aromatic rings. The highest BCUT2D eigenvalue weighted by atomic mass is 31.2. The van der Waals surface area contributed by atoms with Crippen LogP contribution in [0.5, 0.6) is 0 Å². The van der Waals surface area contributed by atoms with Crippen molar-refractivity contribution in [1.29, 1.82) is 0 Å². The standard InChI is InChI=1S/C84H164O17P2/c1-8-10-11-12-13-14-15-16-19-27-32-37-46-53-60-67-84(89)101-80(72-95-82(87)66-59-52-45-40-39-43-50-57-64-77(7)9-2)74-99-103(92,93)97-70-78(85)69-96-102(90,91)98-73-79(100-83(88)68-61-54-47-38-33-28-23-18-21-25-30-35-42-49-56-63-76(5)6)71-94-81(86)65-58-51-44-36-31-26-22-17-20-24-29-34-41-48-55-62-75(3)4/h75-80,85H,8-74H2,1-7H3,(H,90,91)(H,92,93)/t77?,78-,79-,80-/m1/s1. The number of ether oxygens (including phenoxy) is 4. The van der Waals surface area contributed by atoms with E-state index in [-0.39, 0.29) is 25.7 Å². The molecule has 103 heavy (non-hydrogen) atoms. The van der Waals surface area contributed by atoms with Gasteiger partial charge in [-0.15, -0.1) is 0 Å². The molecular weight excluding hydrogens is 1340 g/mol. The molecule has 0 amide bonds. The number of esters is 4. The van der Waals surface area contributed by atoms with Crippen molar-refractivity contribution in [3.05, 3.63) is 0 Å². The summed E-state index contributed by atoms with van der Waals surface area (Å²) in [6, 6.07) is 0. The molecular formula is C84H164O17P2. The molecule has 6 atom stereocenters. The van der Waals surface area contributed by atoms with Gasteiger partial charge in [0, 0.05) is 25.7 Å². The quantitative estimate of drug-likeness (QED) is 0.0222. The molecule has 0 spiro atoms. The summed E-state index contributed by atoms with van der Waals surface area (Å²) in [6.07, 6.45) is 63.7. The van der Waals surface area contributed by atoms with Crippen LogP contribution in [-0.4, -0.2) is 96.7 Å². The van der Waals surface area contributed by atoms with E-state index in [4.69, 9.17) is 37.0 Å². The van der Waals surface area contributed by atoms with Crippen molar-refractivity contribution in [3.8, 4) is 0 Å². The van der Waals surface area contributed by atoms with Crippen molar-refractivity contribution in [2.24, 2.45) is 17.8 Å². The van der Waals surface area contributed by atoms with Crippen LogP contribution in [-0.2, 0) is 65.4 Å². The van der Waals surface area contributed by atoms with Crippen LogP contribution in [0.4, 0.5) is 0 Å². The third-order valence-corrected chi connectivity index (χ3v) is 21.9. The number of carbonyl (C=O) groups excluding carboxylic acids is 4. The fourth-order valence-corrected chi connectivity index (χ4v) is 14.6. The SMILES string of the molecule is CCCCCCCCCCCCCCCCCC(=O)O[C@H](COC(=O)CCCCCCCCCCC(C)CC)COP(=O)(O)OC[C@H](O)COP(=O)(O)OC[C@@H](COC(=O)CCCCCCCCCCCCCCCCCC(C)C)OC(=O)CCCCCCCCCCCCCCCCCC(C)C. The summed E-state index contributed by atoms with van der Waals surface area (Å²) in [6.45, 7) is 12.0. The fourth-order valence-electron chi connectivity index (χ4n) is 13.0. The molecule has 0 aromatic heterocycles. The van der Waals surface area contributed by atoms with Gasteiger partial charge in [0.2, 0.25) is 0 Å². The van der Waals surface area contributed by atoms with Crippen molar-refractivity contribution < 1.29 is 80.2 Å². The lowest BCUT2D eigenvalue weighted by Gasteiger charge is -2.21. The third kappa shape index (κ3) is 76.6. The van der Waals surface area contributed by atoms with E-state index in [2.05, 4.69) is 48.5 Å². The minimum Gasteiger partial charge on any atom is -0.462 e. The van der Waals surface area contributed by atoms with E-state index in [0.717, 1.165) is 108 Å². The zero-order valence-corrected chi connectivity index (χ0v) is 69.6. The molecule has 0 aliphatic carbocycles. The minimum absolute atomic E-state index is 0.108. The molecule has 0 radical (unpaired) electrons. The van der Waals surface area contributed by atoms with Gasteiger partial charge in [-0.2, -0.15) is 0 Å². The second-order valence-electron chi connectivity index (χ2n) is 31.4. The number of hydrogen-bond acceptors (Lipinski definition) is 15. The van der Waals surface area contributed by atoms with Crippen LogP contribution in [0.1, 0.15) is 440 Å². The molecule has 0 aromatic carbocycles. The van der Waals surface area contributed by atoms with Crippen molar-refractivity contribution in [2.75, 3.05) is 39.6 Å². The van der Waals surface area contributed by atoms with E-state index in [1.807, 2.05) is 0 Å². The van der Waals surface area contributed by atoms with Gasteiger partial charge in [0.1, 0.15) is 19.3 Å². The second-order valence-corrected chi connectivity index (χ2v) is 34.3. The van der Waals surface area contributed by atoms with E-state index < -0.39 is 97.5 Å². The Morgan fingerprint density at radius 2 is 0.495 bits per heavy atom. The number of carbonyl (C=O) groups is 4. The number of phosphoric ester groups is 2. The summed E-state index contributed by atoms with van der Waals surface area (Å²) in [7, 11) is -9.93. The van der Waals surface area contributed by atoms with Gasteiger partial charge in [0.05, 0.1) is 26.4 Å². The molecule has 0 bridgehead atoms. The molecule has 0 fully saturated rings. The molecule has 0 aliphatic heterocycles. The number of unbranched alkanes of at least 4 members (excludes halogenated alkanes) is 49. The highest BCUT2D eigenvalue weighted by molar-refractivity contribution is 7.47. The summed E-state index contributed by atoms with van der Waals surface area (Å²) >= 11 is 0. The Morgan fingerprint density at radius 3 is 0.738 bits per heavy atom. The van der Waals surface area contributed by atoms with E-state index in [0.29, 0.717) is 25.7 Å². The molecule has 0 aliphatic rings. The maximum Gasteiger partial charge on any atom is 0.472 e. The van der Waals surface area contributed by atoms with Gasteiger partial charge in [-0.05, 0) is 43.4 Å². The number of aliphatic hydroxyl groups is 1. The topological polar surface area (TPSA) is 237 Å². The second kappa shape index (κ2) is 74.2. The van der Waals surface area contributed by atoms with Crippen LogP contribution in [0.15, 0.2) is 0 Å². The van der Waals surface area contributed by atoms with E-state index >= 15 is 0 Å². The number of rotatable bonds is 82. The summed E-state index contributed by atoms with van der Waals surface area (Å²) in [4.78, 5) is 73.2. The maximum atomic E-state index is 13.1. The Bertz CT molecular complexity index is 1990. The highest BCUT2D eigenvalue weighted by Crippen LogP contribution is 2.45. The van der Waals surface area contributed by atoms with Gasteiger partial charge in [-0.25, -0.2) is 9.13 Å². The maximum absolute atomic E-state index is 13.1. The van der Waals surface area contributed by atoms with E-state index in [1.54, 1.807) is 0 Å². The molecule has 19 heteroatoms. The Balaban J connectivity index is 5.27. The predicted octanol–water partition coefficient (Wildman–Crippen LogP) is 25.3. The van der Waals surface area contributed by atoms with Gasteiger partial charge < -0.3 is 33.8 Å². The zero-order chi connectivity index (χ0) is 75.8. The third-order valence-electron chi connectivity index (χ3n) is 20.0. The average molecular weight is 1510 g/mol. The largest absolute Gasteiger partial charge is 0.472 e. The lowest BCUT2D eigenvalue weighted by Crippen LogP contribution is -2.30. The smallest absolute Gasteiger partial charge is 0.462 e. The van der Waals surface area contributed by atoms with Crippen molar-refractivity contribution in [2.45, 2.75) is 458 Å². The number of phosphoric acid groups is 2. The minimum atomic E-state index is -4.97. The zero-order valence-electron chi connectivity index (χ0n) is 67.8. The van der Waals surface area contributed by atoms with Gasteiger partial charge in [0.15, 0.2) is 12.2 Å². The van der Waals surface area contributed by atoms with Crippen LogP contribution >= 0.6 is 15.6 Å². The first-order valence-corrected chi connectivity index (χ1v) is 46.4. The van der Waals surface area contributed by atoms with Crippen molar-refractivity contribution >= 4 is 39.5 Å². The highest BCUT2D eigenvalue weighted by Gasteiger charge is 2.30. The van der Waals surface area contributed by atoms with Crippen LogP contribution in [0.25, 0.3) is 0 Å². The first-order valence-electron chi connectivity index (χ1n) is 43.4. The molecule has 0 saturated heterocycles. The Kier molecular flexibility index (Phi) is 72.8. The first-order chi connectivity index (χ1) is 49.8. The molecule has 0 heterocycles. The number of hydrogen-bond donors (Lipinski definition) is 3. The lowest BCUT2D eigenvalue weighted by atomic mass is 9.99. The van der Waals surface area contributed by atoms with Crippen LogP contribution in [0.3, 0.4) is 0 Å². The summed E-state index contributed by atoms with van der Waals surface area (Å²) in [5.41, 5.74) is 0. The molecule has 3 N–H and O–H groups in total. The Hall–Kier alpha value is -1.94. The molecule has 0 saturated carbocycles. The predicted molar refractivity (Wildman–Crippen MR) is 423 cm³/mol. The lowest BCUT2D eigenvalue weighted by molar-refractivity contribution is -0.161. The molecule has 612 valence electrons. The average Bonchev–Trinajstić information content (AvgIpc) is 0.910. The summed E-state index contributed by atoms with van der Waals surface area (Å²) in [5, 5.41) is 10.7. The van der Waals surface area contributed by atoms with Gasteiger partial charge in [0.25, 0.3) is 0 Å². The fraction of sp³-hybridized carbons (Fsp3) is 0.952. The van der Waals surface area contributed by atoms with Crippen LogP contribution in [0.2, 0.25) is 0 Å². The molecule has 3 unspecified atom stereocenters.